The lowest BCUT2D eigenvalue weighted by Gasteiger charge is -2.27. The predicted octanol–water partition coefficient (Wildman–Crippen LogP) is 6.98. The molecule has 2 aromatic rings. The van der Waals surface area contributed by atoms with Crippen LogP contribution in [0.3, 0.4) is 0 Å². The number of nitrogens with zero attached hydrogens (tertiary/aromatic N) is 1. The molecule has 1 aliphatic rings. The van der Waals surface area contributed by atoms with Gasteiger partial charge in [0.25, 0.3) is 0 Å². The number of benzene rings is 2. The van der Waals surface area contributed by atoms with Gasteiger partial charge in [0, 0.05) is 0 Å². The number of ether oxygens (including phenoxy) is 1. The van der Waals surface area contributed by atoms with E-state index in [4.69, 9.17) is 4.74 Å². The van der Waals surface area contributed by atoms with Crippen molar-refractivity contribution in [1.29, 1.82) is 5.26 Å². The Morgan fingerprint density at radius 2 is 1.74 bits per heavy atom. The Morgan fingerprint density at radius 3 is 2.35 bits per heavy atom. The van der Waals surface area contributed by atoms with E-state index < -0.39 is 0 Å². The van der Waals surface area contributed by atoms with Crippen molar-refractivity contribution in [2.24, 2.45) is 11.8 Å². The molecule has 1 saturated carbocycles. The number of carbonyl (C=O) groups excluding carboxylic acids is 1. The first-order valence-electron chi connectivity index (χ1n) is 11.9. The Kier molecular flexibility index (Phi) is 8.29. The number of aryl methyl sites for hydroxylation is 1. The number of carbonyl (C=O) groups is 1. The van der Waals surface area contributed by atoms with E-state index in [0.29, 0.717) is 17.2 Å². The Morgan fingerprint density at radius 1 is 1.06 bits per heavy atom. The van der Waals surface area contributed by atoms with Crippen LogP contribution in [0.2, 0.25) is 0 Å². The Hall–Kier alpha value is -2.60. The van der Waals surface area contributed by atoms with Gasteiger partial charge >= 0.3 is 5.97 Å². The van der Waals surface area contributed by atoms with Crippen LogP contribution in [-0.4, -0.2) is 5.97 Å². The van der Waals surface area contributed by atoms with E-state index in [0.717, 1.165) is 56.4 Å². The Labute approximate surface area is 187 Å². The van der Waals surface area contributed by atoms with Crippen LogP contribution in [0.15, 0.2) is 42.5 Å². The fourth-order valence-corrected chi connectivity index (χ4v) is 4.52. The third-order valence-electron chi connectivity index (χ3n) is 6.71. The molecule has 0 radical (unpaired) electrons. The highest BCUT2D eigenvalue weighted by Gasteiger charge is 2.29. The van der Waals surface area contributed by atoms with Crippen molar-refractivity contribution in [3.63, 3.8) is 0 Å². The molecule has 0 amide bonds. The maximum Gasteiger partial charge on any atom is 0.314 e. The van der Waals surface area contributed by atoms with Gasteiger partial charge in [0.2, 0.25) is 0 Å². The highest BCUT2D eigenvalue weighted by molar-refractivity contribution is 5.76. The fraction of sp³-hybridized carbons (Fsp3) is 0.500. The van der Waals surface area contributed by atoms with Crippen LogP contribution in [-0.2, 0) is 17.6 Å². The average molecular weight is 418 g/mol. The molecule has 0 aliphatic heterocycles. The Balaban J connectivity index is 1.55. The summed E-state index contributed by atoms with van der Waals surface area (Å²) < 4.78 is 5.65. The normalized spacial score (nSPS) is 19.4. The molecule has 0 N–H and O–H groups in total. The van der Waals surface area contributed by atoms with Crippen molar-refractivity contribution in [3.8, 4) is 11.8 Å². The van der Waals surface area contributed by atoms with E-state index in [2.05, 4.69) is 51.1 Å². The lowest BCUT2D eigenvalue weighted by Crippen LogP contribution is -2.25. The van der Waals surface area contributed by atoms with Crippen molar-refractivity contribution >= 4 is 5.97 Å². The molecule has 164 valence electrons. The van der Waals surface area contributed by atoms with Gasteiger partial charge in [-0.05, 0) is 79.2 Å². The van der Waals surface area contributed by atoms with Crippen LogP contribution >= 0.6 is 0 Å². The molecule has 3 heteroatoms. The number of hydrogen-bond acceptors (Lipinski definition) is 3. The van der Waals surface area contributed by atoms with Crippen molar-refractivity contribution in [2.45, 2.75) is 78.1 Å². The minimum Gasteiger partial charge on any atom is -0.425 e. The van der Waals surface area contributed by atoms with Crippen molar-refractivity contribution in [2.75, 3.05) is 0 Å². The van der Waals surface area contributed by atoms with Crippen molar-refractivity contribution in [3.05, 3.63) is 64.7 Å². The van der Waals surface area contributed by atoms with Gasteiger partial charge in [-0.1, -0.05) is 63.9 Å². The second kappa shape index (κ2) is 11.1. The largest absolute Gasteiger partial charge is 0.425 e. The van der Waals surface area contributed by atoms with Gasteiger partial charge in [-0.3, -0.25) is 4.79 Å². The highest BCUT2D eigenvalue weighted by atomic mass is 16.5. The predicted molar refractivity (Wildman–Crippen MR) is 125 cm³/mol. The first kappa shape index (κ1) is 23.1. The molecule has 2 aromatic carbocycles. The average Bonchev–Trinajstić information content (AvgIpc) is 2.80. The summed E-state index contributed by atoms with van der Waals surface area (Å²) in [6.07, 6.45) is 7.98. The standard InChI is InChI=1S/C28H35NO2/c1-4-6-21-9-16-27(26(18-21)19-29)31-28(30)25-14-12-24(13-15-25)23-10-7-22(8-11-23)17-20(3)5-2/h7-11,16,18,20,24-25H,4-6,12-15,17H2,1-3H3. The summed E-state index contributed by atoms with van der Waals surface area (Å²) in [6, 6.07) is 16.8. The SMILES string of the molecule is CCCc1ccc(OC(=O)C2CCC(c3ccc(CC(C)CC)cc3)CC2)c(C#N)c1. The van der Waals surface area contributed by atoms with Crippen LogP contribution in [0.5, 0.6) is 5.75 Å². The number of rotatable bonds is 8. The molecule has 3 rings (SSSR count). The Bertz CT molecular complexity index is 902. The van der Waals surface area contributed by atoms with E-state index in [1.165, 1.54) is 17.5 Å². The molecule has 0 bridgehead atoms. The third-order valence-corrected chi connectivity index (χ3v) is 6.71. The number of esters is 1. The van der Waals surface area contributed by atoms with Crippen LogP contribution in [0.25, 0.3) is 0 Å². The number of hydrogen-bond donors (Lipinski definition) is 0. The molecule has 0 spiro atoms. The topological polar surface area (TPSA) is 50.1 Å². The van der Waals surface area contributed by atoms with Gasteiger partial charge in [-0.2, -0.15) is 5.26 Å². The first-order chi connectivity index (χ1) is 15.0. The van der Waals surface area contributed by atoms with Gasteiger partial charge in [-0.15, -0.1) is 0 Å². The van der Waals surface area contributed by atoms with E-state index in [1.54, 1.807) is 6.07 Å². The smallest absolute Gasteiger partial charge is 0.314 e. The summed E-state index contributed by atoms with van der Waals surface area (Å²) in [6.45, 7) is 6.65. The zero-order valence-corrected chi connectivity index (χ0v) is 19.2. The van der Waals surface area contributed by atoms with E-state index in [1.807, 2.05) is 12.1 Å². The second-order valence-corrected chi connectivity index (χ2v) is 9.12. The van der Waals surface area contributed by atoms with Gasteiger partial charge in [0.1, 0.15) is 11.8 Å². The maximum absolute atomic E-state index is 12.7. The highest BCUT2D eigenvalue weighted by Crippen LogP contribution is 2.37. The van der Waals surface area contributed by atoms with Gasteiger partial charge in [0.15, 0.2) is 0 Å². The molecule has 1 unspecified atom stereocenters. The van der Waals surface area contributed by atoms with Gasteiger partial charge in [-0.25, -0.2) is 0 Å². The van der Waals surface area contributed by atoms with Gasteiger partial charge in [0.05, 0.1) is 11.5 Å². The molecular formula is C28H35NO2. The molecular weight excluding hydrogens is 382 g/mol. The number of nitriles is 1. The lowest BCUT2D eigenvalue weighted by molar-refractivity contribution is -0.140. The summed E-state index contributed by atoms with van der Waals surface area (Å²) in [5.74, 6) is 1.36. The molecule has 1 aliphatic carbocycles. The monoisotopic (exact) mass is 417 g/mol. The van der Waals surface area contributed by atoms with E-state index >= 15 is 0 Å². The van der Waals surface area contributed by atoms with Crippen molar-refractivity contribution in [1.82, 2.24) is 0 Å². The van der Waals surface area contributed by atoms with E-state index in [-0.39, 0.29) is 11.9 Å². The van der Waals surface area contributed by atoms with Crippen LogP contribution < -0.4 is 4.74 Å². The second-order valence-electron chi connectivity index (χ2n) is 9.12. The molecule has 0 saturated heterocycles. The molecule has 1 fully saturated rings. The quantitative estimate of drug-likeness (QED) is 0.344. The minimum absolute atomic E-state index is 0.0808. The van der Waals surface area contributed by atoms with Crippen molar-refractivity contribution < 1.29 is 9.53 Å². The molecule has 1 atom stereocenters. The summed E-state index contributed by atoms with van der Waals surface area (Å²) in [7, 11) is 0. The molecule has 31 heavy (non-hydrogen) atoms. The molecule has 3 nitrogen and oxygen atoms in total. The third kappa shape index (κ3) is 6.20. The van der Waals surface area contributed by atoms with E-state index in [9.17, 15) is 10.1 Å². The summed E-state index contributed by atoms with van der Waals surface area (Å²) >= 11 is 0. The molecule has 0 aromatic heterocycles. The van der Waals surface area contributed by atoms with Gasteiger partial charge < -0.3 is 4.74 Å². The fourth-order valence-electron chi connectivity index (χ4n) is 4.52. The minimum atomic E-state index is -0.193. The maximum atomic E-state index is 12.7. The van der Waals surface area contributed by atoms with Crippen LogP contribution in [0.4, 0.5) is 0 Å². The van der Waals surface area contributed by atoms with Crippen LogP contribution in [0, 0.1) is 23.2 Å². The zero-order chi connectivity index (χ0) is 22.2. The van der Waals surface area contributed by atoms with Crippen LogP contribution in [0.1, 0.15) is 87.5 Å². The lowest BCUT2D eigenvalue weighted by atomic mass is 9.78. The first-order valence-corrected chi connectivity index (χ1v) is 11.9. The molecule has 0 heterocycles. The summed E-state index contributed by atoms with van der Waals surface area (Å²) in [5, 5.41) is 9.44. The summed E-state index contributed by atoms with van der Waals surface area (Å²) in [5.41, 5.74) is 4.35. The summed E-state index contributed by atoms with van der Waals surface area (Å²) in [4.78, 5) is 12.7. The zero-order valence-electron chi connectivity index (χ0n) is 19.2.